The molecule has 0 spiro atoms. The summed E-state index contributed by atoms with van der Waals surface area (Å²) in [7, 11) is 2.11. The molecule has 1 aliphatic rings. The highest BCUT2D eigenvalue weighted by atomic mass is 16.1. The van der Waals surface area contributed by atoms with Crippen molar-refractivity contribution in [1.82, 2.24) is 29.8 Å². The number of pyridine rings is 2. The second-order valence-electron chi connectivity index (χ2n) is 6.92. The van der Waals surface area contributed by atoms with Gasteiger partial charge in [0.15, 0.2) is 5.82 Å². The van der Waals surface area contributed by atoms with Gasteiger partial charge in [0.2, 0.25) is 5.95 Å². The molecule has 9 heteroatoms. The van der Waals surface area contributed by atoms with E-state index in [4.69, 9.17) is 0 Å². The Labute approximate surface area is 168 Å². The minimum atomic E-state index is -0.311. The Morgan fingerprint density at radius 1 is 1.00 bits per heavy atom. The fraction of sp³-hybridized carbons (Fsp3) is 0.300. The summed E-state index contributed by atoms with van der Waals surface area (Å²) < 4.78 is 0. The van der Waals surface area contributed by atoms with Crippen molar-refractivity contribution in [3.63, 3.8) is 0 Å². The van der Waals surface area contributed by atoms with Gasteiger partial charge in [0.05, 0.1) is 5.56 Å². The van der Waals surface area contributed by atoms with E-state index in [0.717, 1.165) is 37.6 Å². The average molecular weight is 390 g/mol. The number of carbonyl (C=O) groups is 1. The number of amides is 1. The van der Waals surface area contributed by atoms with Crippen LogP contribution in [0.15, 0.2) is 42.9 Å². The summed E-state index contributed by atoms with van der Waals surface area (Å²) in [6, 6.07) is 7.26. The van der Waals surface area contributed by atoms with Gasteiger partial charge in [0.1, 0.15) is 11.6 Å². The Kier molecular flexibility index (Phi) is 5.39. The van der Waals surface area contributed by atoms with Crippen LogP contribution < -0.4 is 10.2 Å². The molecule has 29 heavy (non-hydrogen) atoms. The Morgan fingerprint density at radius 2 is 1.76 bits per heavy atom. The van der Waals surface area contributed by atoms with Gasteiger partial charge in [-0.25, -0.2) is 9.97 Å². The highest BCUT2D eigenvalue weighted by Gasteiger charge is 2.16. The largest absolute Gasteiger partial charge is 0.354 e. The molecule has 3 aromatic rings. The van der Waals surface area contributed by atoms with Gasteiger partial charge >= 0.3 is 0 Å². The molecule has 1 aliphatic heterocycles. The third-order valence-electron chi connectivity index (χ3n) is 4.75. The molecular formula is C20H22N8O. The van der Waals surface area contributed by atoms with Crippen LogP contribution in [0.4, 0.5) is 11.8 Å². The van der Waals surface area contributed by atoms with Crippen LogP contribution in [0.5, 0.6) is 0 Å². The molecule has 0 saturated carbocycles. The number of rotatable bonds is 4. The number of aryl methyl sites for hydroxylation is 1. The SMILES string of the molecule is Cc1nc(NC(=O)c2ccc(N3CCN(C)CC3)nc2)nc(-c2ccncc2)n1. The van der Waals surface area contributed by atoms with Crippen molar-refractivity contribution in [1.29, 1.82) is 0 Å². The number of aromatic nitrogens is 5. The minimum Gasteiger partial charge on any atom is -0.354 e. The molecule has 0 atom stereocenters. The predicted octanol–water partition coefficient (Wildman–Crippen LogP) is 1.64. The lowest BCUT2D eigenvalue weighted by molar-refractivity contribution is 0.102. The van der Waals surface area contributed by atoms with Crippen LogP contribution in [0.1, 0.15) is 16.2 Å². The van der Waals surface area contributed by atoms with Crippen LogP contribution in [0.2, 0.25) is 0 Å². The summed E-state index contributed by atoms with van der Waals surface area (Å²) in [6.07, 6.45) is 4.92. The highest BCUT2D eigenvalue weighted by Crippen LogP contribution is 2.17. The number of anilines is 2. The van der Waals surface area contributed by atoms with Crippen molar-refractivity contribution in [3.8, 4) is 11.4 Å². The standard InChI is InChI=1S/C20H22N8O/c1-14-23-18(15-5-7-21-8-6-15)25-20(24-14)26-19(29)16-3-4-17(22-13-16)28-11-9-27(2)10-12-28/h3-8,13H,9-12H2,1-2H3,(H,23,24,25,26,29). The minimum absolute atomic E-state index is 0.206. The first kappa shape index (κ1) is 18.9. The third-order valence-corrected chi connectivity index (χ3v) is 4.75. The maximum Gasteiger partial charge on any atom is 0.259 e. The quantitative estimate of drug-likeness (QED) is 0.718. The monoisotopic (exact) mass is 390 g/mol. The summed E-state index contributed by atoms with van der Waals surface area (Å²) in [5.41, 5.74) is 1.26. The van der Waals surface area contributed by atoms with Crippen LogP contribution in [-0.4, -0.2) is 69.0 Å². The molecule has 0 radical (unpaired) electrons. The summed E-state index contributed by atoms with van der Waals surface area (Å²) >= 11 is 0. The molecule has 1 saturated heterocycles. The van der Waals surface area contributed by atoms with E-state index in [1.165, 1.54) is 0 Å². The van der Waals surface area contributed by atoms with Crippen LogP contribution in [0.3, 0.4) is 0 Å². The van der Waals surface area contributed by atoms with Gasteiger partial charge in [-0.15, -0.1) is 0 Å². The van der Waals surface area contributed by atoms with Crippen LogP contribution in [-0.2, 0) is 0 Å². The summed E-state index contributed by atoms with van der Waals surface area (Å²) in [4.78, 5) is 38.5. The topological polar surface area (TPSA) is 100 Å². The van der Waals surface area contributed by atoms with Gasteiger partial charge in [-0.05, 0) is 38.2 Å². The van der Waals surface area contributed by atoms with E-state index in [1.807, 2.05) is 6.07 Å². The van der Waals surface area contributed by atoms with E-state index in [9.17, 15) is 4.79 Å². The molecule has 4 heterocycles. The number of nitrogens with zero attached hydrogens (tertiary/aromatic N) is 7. The van der Waals surface area contributed by atoms with Crippen molar-refractivity contribution in [2.24, 2.45) is 0 Å². The van der Waals surface area contributed by atoms with E-state index in [-0.39, 0.29) is 11.9 Å². The second-order valence-corrected chi connectivity index (χ2v) is 6.92. The number of piperazine rings is 1. The lowest BCUT2D eigenvalue weighted by Gasteiger charge is -2.33. The fourth-order valence-electron chi connectivity index (χ4n) is 3.08. The van der Waals surface area contributed by atoms with Gasteiger partial charge in [-0.1, -0.05) is 0 Å². The maximum absolute atomic E-state index is 12.6. The first-order valence-electron chi connectivity index (χ1n) is 9.42. The third kappa shape index (κ3) is 4.52. The average Bonchev–Trinajstić information content (AvgIpc) is 2.74. The summed E-state index contributed by atoms with van der Waals surface area (Å²) in [6.45, 7) is 5.62. The molecule has 1 N–H and O–H groups in total. The van der Waals surface area contributed by atoms with E-state index in [2.05, 4.69) is 47.1 Å². The molecule has 0 bridgehead atoms. The molecular weight excluding hydrogens is 368 g/mol. The molecule has 1 fully saturated rings. The van der Waals surface area contributed by atoms with Crippen molar-refractivity contribution in [2.75, 3.05) is 43.4 Å². The first-order valence-corrected chi connectivity index (χ1v) is 9.42. The highest BCUT2D eigenvalue weighted by molar-refractivity contribution is 6.03. The molecule has 9 nitrogen and oxygen atoms in total. The lowest BCUT2D eigenvalue weighted by atomic mass is 10.2. The fourth-order valence-corrected chi connectivity index (χ4v) is 3.08. The van der Waals surface area contributed by atoms with Crippen molar-refractivity contribution >= 4 is 17.7 Å². The molecule has 0 aromatic carbocycles. The molecule has 148 valence electrons. The zero-order chi connectivity index (χ0) is 20.2. The molecule has 3 aromatic heterocycles. The van der Waals surface area contributed by atoms with Crippen LogP contribution in [0.25, 0.3) is 11.4 Å². The van der Waals surface area contributed by atoms with Crippen molar-refractivity contribution in [2.45, 2.75) is 6.92 Å². The van der Waals surface area contributed by atoms with Gasteiger partial charge in [0, 0.05) is 50.3 Å². The number of carbonyl (C=O) groups excluding carboxylic acids is 1. The molecule has 4 rings (SSSR count). The van der Waals surface area contributed by atoms with Gasteiger partial charge in [-0.3, -0.25) is 15.1 Å². The van der Waals surface area contributed by atoms with Crippen LogP contribution >= 0.6 is 0 Å². The Morgan fingerprint density at radius 3 is 2.45 bits per heavy atom. The van der Waals surface area contributed by atoms with E-state index < -0.39 is 0 Å². The second kappa shape index (κ2) is 8.27. The van der Waals surface area contributed by atoms with Gasteiger partial charge in [0.25, 0.3) is 5.91 Å². The molecule has 1 amide bonds. The zero-order valence-corrected chi connectivity index (χ0v) is 16.4. The Bertz CT molecular complexity index is 985. The van der Waals surface area contributed by atoms with E-state index in [1.54, 1.807) is 43.7 Å². The van der Waals surface area contributed by atoms with Crippen molar-refractivity contribution < 1.29 is 4.79 Å². The molecule has 0 unspecified atom stereocenters. The van der Waals surface area contributed by atoms with E-state index in [0.29, 0.717) is 17.2 Å². The normalized spacial score (nSPS) is 14.6. The number of hydrogen-bond donors (Lipinski definition) is 1. The number of likely N-dealkylation sites (N-methyl/N-ethyl adjacent to an activating group) is 1. The van der Waals surface area contributed by atoms with Crippen LogP contribution in [0, 0.1) is 6.92 Å². The maximum atomic E-state index is 12.6. The smallest absolute Gasteiger partial charge is 0.259 e. The summed E-state index contributed by atoms with van der Waals surface area (Å²) in [5, 5.41) is 2.74. The lowest BCUT2D eigenvalue weighted by Crippen LogP contribution is -2.44. The van der Waals surface area contributed by atoms with E-state index >= 15 is 0 Å². The summed E-state index contributed by atoms with van der Waals surface area (Å²) in [5.74, 6) is 1.78. The predicted molar refractivity (Wildman–Crippen MR) is 110 cm³/mol. The van der Waals surface area contributed by atoms with Gasteiger partial charge in [-0.2, -0.15) is 9.97 Å². The Balaban J connectivity index is 1.47. The Hall–Kier alpha value is -3.46. The molecule has 0 aliphatic carbocycles. The zero-order valence-electron chi connectivity index (χ0n) is 16.4. The number of hydrogen-bond acceptors (Lipinski definition) is 8. The van der Waals surface area contributed by atoms with Crippen molar-refractivity contribution in [3.05, 3.63) is 54.2 Å². The number of nitrogens with one attached hydrogen (secondary N) is 1. The van der Waals surface area contributed by atoms with Gasteiger partial charge < -0.3 is 9.80 Å². The first-order chi connectivity index (χ1) is 14.1.